The predicted octanol–water partition coefficient (Wildman–Crippen LogP) is 1.08. The zero-order valence-electron chi connectivity index (χ0n) is 4.94. The molecule has 0 unspecified atom stereocenters. The summed E-state index contributed by atoms with van der Waals surface area (Å²) in [7, 11) is 0. The van der Waals surface area contributed by atoms with Crippen LogP contribution in [0.1, 0.15) is 6.42 Å². The van der Waals surface area contributed by atoms with Crippen LogP contribution in [-0.2, 0) is 0 Å². The van der Waals surface area contributed by atoms with E-state index in [0.29, 0.717) is 13.1 Å². The van der Waals surface area contributed by atoms with Gasteiger partial charge in [-0.3, -0.25) is 0 Å². The Morgan fingerprint density at radius 3 is 1.78 bits per heavy atom. The first kappa shape index (κ1) is 9.11. The van der Waals surface area contributed by atoms with E-state index in [1.54, 1.807) is 0 Å². The van der Waals surface area contributed by atoms with Crippen LogP contribution >= 0.6 is 12.4 Å². The normalized spacial score (nSPS) is 35.3. The molecule has 56 valence electrons. The van der Waals surface area contributed by atoms with Crippen molar-refractivity contribution in [2.45, 2.75) is 18.8 Å². The monoisotopic (exact) mass is 157 g/mol. The van der Waals surface area contributed by atoms with E-state index >= 15 is 0 Å². The number of halogens is 3. The van der Waals surface area contributed by atoms with Gasteiger partial charge in [-0.1, -0.05) is 0 Å². The van der Waals surface area contributed by atoms with Crippen LogP contribution in [-0.4, -0.2) is 25.4 Å². The van der Waals surface area contributed by atoms with E-state index in [-0.39, 0.29) is 18.8 Å². The van der Waals surface area contributed by atoms with Crippen LogP contribution in [0, 0.1) is 0 Å². The number of rotatable bonds is 0. The molecule has 1 N–H and O–H groups in total. The van der Waals surface area contributed by atoms with E-state index in [9.17, 15) is 8.78 Å². The van der Waals surface area contributed by atoms with Crippen molar-refractivity contribution in [3.05, 3.63) is 0 Å². The van der Waals surface area contributed by atoms with Gasteiger partial charge in [0.1, 0.15) is 12.3 Å². The van der Waals surface area contributed by atoms with E-state index in [1.807, 2.05) is 0 Å². The molecule has 1 aliphatic heterocycles. The molecule has 0 spiro atoms. The van der Waals surface area contributed by atoms with Crippen molar-refractivity contribution in [1.82, 2.24) is 5.32 Å². The van der Waals surface area contributed by atoms with Gasteiger partial charge in [0.05, 0.1) is 0 Å². The van der Waals surface area contributed by atoms with E-state index in [0.717, 1.165) is 0 Å². The Bertz CT molecular complexity index is 73.4. The Morgan fingerprint density at radius 1 is 1.11 bits per heavy atom. The van der Waals surface area contributed by atoms with E-state index < -0.39 is 12.3 Å². The molecule has 0 saturated carbocycles. The largest absolute Gasteiger partial charge is 0.311 e. The molecule has 0 bridgehead atoms. The lowest BCUT2D eigenvalue weighted by molar-refractivity contribution is 0.173. The lowest BCUT2D eigenvalue weighted by Crippen LogP contribution is -2.38. The maximum absolute atomic E-state index is 12.1. The zero-order chi connectivity index (χ0) is 5.98. The average molecular weight is 158 g/mol. The van der Waals surface area contributed by atoms with E-state index in [4.69, 9.17) is 0 Å². The second-order valence-corrected chi connectivity index (χ2v) is 2.09. The molecule has 1 nitrogen and oxygen atoms in total. The van der Waals surface area contributed by atoms with Crippen LogP contribution < -0.4 is 5.32 Å². The van der Waals surface area contributed by atoms with Gasteiger partial charge in [-0.05, 0) is 0 Å². The van der Waals surface area contributed by atoms with Crippen molar-refractivity contribution < 1.29 is 8.78 Å². The number of piperidine rings is 1. The minimum atomic E-state index is -0.973. The van der Waals surface area contributed by atoms with Crippen LogP contribution in [0.3, 0.4) is 0 Å². The Kier molecular flexibility index (Phi) is 4.06. The molecule has 1 heterocycles. The molecular weight excluding hydrogens is 148 g/mol. The van der Waals surface area contributed by atoms with Crippen molar-refractivity contribution in [1.29, 1.82) is 0 Å². The summed E-state index contributed by atoms with van der Waals surface area (Å²) < 4.78 is 24.3. The Hall–Kier alpha value is 0.110. The molecule has 1 aliphatic rings. The van der Waals surface area contributed by atoms with Gasteiger partial charge < -0.3 is 5.32 Å². The van der Waals surface area contributed by atoms with E-state index in [1.165, 1.54) is 0 Å². The molecule has 9 heavy (non-hydrogen) atoms. The van der Waals surface area contributed by atoms with Crippen molar-refractivity contribution in [3.63, 3.8) is 0 Å². The predicted molar refractivity (Wildman–Crippen MR) is 34.5 cm³/mol. The number of hydrogen-bond acceptors (Lipinski definition) is 1. The minimum absolute atomic E-state index is 0. The molecular formula is C5H10ClF2N. The number of nitrogens with one attached hydrogen (secondary N) is 1. The molecule has 0 aromatic carbocycles. The van der Waals surface area contributed by atoms with Crippen LogP contribution in [0.5, 0.6) is 0 Å². The summed E-state index contributed by atoms with van der Waals surface area (Å²) in [5.74, 6) is 0. The third kappa shape index (κ3) is 2.96. The van der Waals surface area contributed by atoms with Gasteiger partial charge in [0.2, 0.25) is 0 Å². The maximum Gasteiger partial charge on any atom is 0.115 e. The Labute approximate surface area is 59.2 Å². The van der Waals surface area contributed by atoms with Crippen molar-refractivity contribution >= 4 is 12.4 Å². The summed E-state index contributed by atoms with van der Waals surface area (Å²) in [6, 6.07) is 0. The summed E-state index contributed by atoms with van der Waals surface area (Å²) in [5, 5.41) is 2.63. The summed E-state index contributed by atoms with van der Waals surface area (Å²) in [6.45, 7) is 0.640. The smallest absolute Gasteiger partial charge is 0.115 e. The molecule has 0 aromatic heterocycles. The van der Waals surface area contributed by atoms with Crippen LogP contribution in [0.25, 0.3) is 0 Å². The first-order valence-electron chi connectivity index (χ1n) is 2.78. The van der Waals surface area contributed by atoms with Crippen LogP contribution in [0.15, 0.2) is 0 Å². The molecule has 0 aromatic rings. The summed E-state index contributed by atoms with van der Waals surface area (Å²) in [6.07, 6.45) is -1.87. The molecule has 1 saturated heterocycles. The highest BCUT2D eigenvalue weighted by atomic mass is 35.5. The van der Waals surface area contributed by atoms with Crippen LogP contribution in [0.4, 0.5) is 8.78 Å². The highest BCUT2D eigenvalue weighted by molar-refractivity contribution is 5.85. The fraction of sp³-hybridized carbons (Fsp3) is 1.00. The Morgan fingerprint density at radius 2 is 1.56 bits per heavy atom. The lowest BCUT2D eigenvalue weighted by Gasteiger charge is -2.18. The SMILES string of the molecule is Cl.F[C@H]1CNC[C@H](F)C1. The molecule has 0 amide bonds. The molecule has 1 fully saturated rings. The molecule has 2 atom stereocenters. The quantitative estimate of drug-likeness (QED) is 0.555. The van der Waals surface area contributed by atoms with Crippen molar-refractivity contribution in [2.24, 2.45) is 0 Å². The highest BCUT2D eigenvalue weighted by Gasteiger charge is 2.19. The fourth-order valence-corrected chi connectivity index (χ4v) is 0.841. The van der Waals surface area contributed by atoms with E-state index in [2.05, 4.69) is 5.32 Å². The molecule has 0 aliphatic carbocycles. The zero-order valence-corrected chi connectivity index (χ0v) is 5.76. The summed E-state index contributed by atoms with van der Waals surface area (Å²) in [4.78, 5) is 0. The highest BCUT2D eigenvalue weighted by Crippen LogP contribution is 2.08. The average Bonchev–Trinajstić information content (AvgIpc) is 1.64. The second-order valence-electron chi connectivity index (χ2n) is 2.09. The molecule has 1 rings (SSSR count). The third-order valence-electron chi connectivity index (χ3n) is 1.24. The third-order valence-corrected chi connectivity index (χ3v) is 1.24. The lowest BCUT2D eigenvalue weighted by atomic mass is 10.1. The second kappa shape index (κ2) is 4.01. The summed E-state index contributed by atoms with van der Waals surface area (Å²) in [5.41, 5.74) is 0. The van der Waals surface area contributed by atoms with Gasteiger partial charge in [0, 0.05) is 19.5 Å². The minimum Gasteiger partial charge on any atom is -0.311 e. The van der Waals surface area contributed by atoms with Gasteiger partial charge in [0.25, 0.3) is 0 Å². The van der Waals surface area contributed by atoms with Crippen molar-refractivity contribution in [3.8, 4) is 0 Å². The first-order chi connectivity index (χ1) is 3.79. The van der Waals surface area contributed by atoms with Gasteiger partial charge in [0.15, 0.2) is 0 Å². The molecule has 4 heteroatoms. The van der Waals surface area contributed by atoms with Crippen molar-refractivity contribution in [2.75, 3.05) is 13.1 Å². The maximum atomic E-state index is 12.1. The number of hydrogen-bond donors (Lipinski definition) is 1. The van der Waals surface area contributed by atoms with Gasteiger partial charge in [-0.25, -0.2) is 8.78 Å². The fourth-order valence-electron chi connectivity index (χ4n) is 0.841. The van der Waals surface area contributed by atoms with Gasteiger partial charge in [-0.15, -0.1) is 12.4 Å². The van der Waals surface area contributed by atoms with Crippen LogP contribution in [0.2, 0.25) is 0 Å². The Balaban J connectivity index is 0.000000640. The molecule has 0 radical (unpaired) electrons. The first-order valence-corrected chi connectivity index (χ1v) is 2.78. The van der Waals surface area contributed by atoms with Gasteiger partial charge >= 0.3 is 0 Å². The number of alkyl halides is 2. The standard InChI is InChI=1S/C5H9F2N.ClH/c6-4-1-5(7)3-8-2-4;/h4-5,8H,1-3H2;1H/t4-,5-;/m1./s1. The van der Waals surface area contributed by atoms with Gasteiger partial charge in [-0.2, -0.15) is 0 Å². The topological polar surface area (TPSA) is 12.0 Å². The summed E-state index contributed by atoms with van der Waals surface area (Å²) >= 11 is 0.